The Labute approximate surface area is 157 Å². The zero-order chi connectivity index (χ0) is 20.6. The summed E-state index contributed by atoms with van der Waals surface area (Å²) in [6, 6.07) is 9.89. The second kappa shape index (κ2) is 7.63. The standard InChI is InChI=1S/C18H31F3O2Si3/c1-14(2)16(23-17(22)18(19,20)21)26(24(3,4)5,25(6,7)8)15-12-10-9-11-13-15/h9-14,16H,1-8H3. The molecule has 0 fully saturated rings. The van der Waals surface area contributed by atoms with Gasteiger partial charge in [0.2, 0.25) is 0 Å². The van der Waals surface area contributed by atoms with Crippen LogP contribution >= 0.6 is 0 Å². The molecule has 1 unspecified atom stereocenters. The highest BCUT2D eigenvalue weighted by Gasteiger charge is 2.63. The molecule has 1 atom stereocenters. The molecule has 0 saturated heterocycles. The van der Waals surface area contributed by atoms with Gasteiger partial charge in [-0.15, -0.1) is 0 Å². The number of benzene rings is 1. The number of esters is 1. The van der Waals surface area contributed by atoms with Gasteiger partial charge in [-0.05, 0) is 5.92 Å². The number of halogens is 3. The summed E-state index contributed by atoms with van der Waals surface area (Å²) in [6.45, 7) is 17.1. The van der Waals surface area contributed by atoms with E-state index in [9.17, 15) is 18.0 Å². The van der Waals surface area contributed by atoms with Crippen molar-refractivity contribution in [3.63, 3.8) is 0 Å². The van der Waals surface area contributed by atoms with Crippen LogP contribution in [0.15, 0.2) is 30.3 Å². The van der Waals surface area contributed by atoms with Crippen molar-refractivity contribution in [2.24, 2.45) is 5.92 Å². The van der Waals surface area contributed by atoms with Gasteiger partial charge in [0, 0.05) is 15.2 Å². The predicted octanol–water partition coefficient (Wildman–Crippen LogP) is 4.84. The van der Waals surface area contributed by atoms with Gasteiger partial charge in [-0.2, -0.15) is 13.2 Å². The first-order valence-corrected chi connectivity index (χ1v) is 20.0. The molecule has 1 aromatic rings. The second-order valence-corrected chi connectivity index (χ2v) is 36.2. The van der Waals surface area contributed by atoms with Crippen LogP contribution in [0.1, 0.15) is 13.8 Å². The smallest absolute Gasteiger partial charge is 0.459 e. The first-order chi connectivity index (χ1) is 11.6. The van der Waals surface area contributed by atoms with E-state index in [0.717, 1.165) is 5.19 Å². The van der Waals surface area contributed by atoms with Gasteiger partial charge in [-0.1, -0.05) is 88.6 Å². The molecule has 0 bridgehead atoms. The summed E-state index contributed by atoms with van der Waals surface area (Å²) in [6.07, 6.45) is -4.97. The maximum Gasteiger partial charge on any atom is 0.490 e. The summed E-state index contributed by atoms with van der Waals surface area (Å²) in [5.41, 5.74) is -0.683. The molecule has 0 aromatic heterocycles. The van der Waals surface area contributed by atoms with Gasteiger partial charge in [0.05, 0.1) is 5.73 Å². The van der Waals surface area contributed by atoms with E-state index in [0.29, 0.717) is 0 Å². The van der Waals surface area contributed by atoms with Crippen LogP contribution in [0.5, 0.6) is 0 Å². The Morgan fingerprint density at radius 1 is 0.923 bits per heavy atom. The minimum Gasteiger partial charge on any atom is -0.459 e. The highest BCUT2D eigenvalue weighted by molar-refractivity contribution is 7.73. The third-order valence-corrected chi connectivity index (χ3v) is 43.8. The lowest BCUT2D eigenvalue weighted by atomic mass is 10.2. The van der Waals surface area contributed by atoms with Crippen LogP contribution in [-0.2, 0) is 9.53 Å². The Balaban J connectivity index is 3.78. The van der Waals surface area contributed by atoms with Crippen molar-refractivity contribution in [1.82, 2.24) is 0 Å². The summed E-state index contributed by atoms with van der Waals surface area (Å²) in [5.74, 6) is -2.23. The van der Waals surface area contributed by atoms with Gasteiger partial charge < -0.3 is 4.74 Å². The lowest BCUT2D eigenvalue weighted by molar-refractivity contribution is -0.203. The van der Waals surface area contributed by atoms with Crippen molar-refractivity contribution in [2.45, 2.75) is 65.0 Å². The van der Waals surface area contributed by atoms with Gasteiger partial charge in [0.15, 0.2) is 0 Å². The van der Waals surface area contributed by atoms with Crippen LogP contribution in [0.2, 0.25) is 39.3 Å². The van der Waals surface area contributed by atoms with Crippen molar-refractivity contribution in [2.75, 3.05) is 0 Å². The fourth-order valence-electron chi connectivity index (χ4n) is 4.62. The number of rotatable bonds is 6. The van der Waals surface area contributed by atoms with Gasteiger partial charge in [0.25, 0.3) is 0 Å². The van der Waals surface area contributed by atoms with Crippen LogP contribution in [-0.4, -0.2) is 40.2 Å². The second-order valence-electron chi connectivity index (χ2n) is 9.24. The number of carbonyl (C=O) groups is 1. The van der Waals surface area contributed by atoms with Gasteiger partial charge >= 0.3 is 12.1 Å². The van der Waals surface area contributed by atoms with E-state index in [2.05, 4.69) is 39.3 Å². The van der Waals surface area contributed by atoms with Gasteiger partial charge in [-0.25, -0.2) is 4.79 Å². The largest absolute Gasteiger partial charge is 0.490 e. The number of alkyl halides is 3. The van der Waals surface area contributed by atoms with E-state index in [1.54, 1.807) is 0 Å². The molecule has 1 aromatic carbocycles. The number of hydrogen-bond donors (Lipinski definition) is 0. The van der Waals surface area contributed by atoms with Crippen LogP contribution in [0.4, 0.5) is 13.2 Å². The van der Waals surface area contributed by atoms with E-state index in [1.807, 2.05) is 44.2 Å². The number of carbonyl (C=O) groups excluding carboxylic acids is 1. The zero-order valence-corrected chi connectivity index (χ0v) is 20.0. The molecule has 0 amide bonds. The summed E-state index contributed by atoms with van der Waals surface area (Å²) >= 11 is 0. The third kappa shape index (κ3) is 4.33. The Morgan fingerprint density at radius 2 is 1.35 bits per heavy atom. The van der Waals surface area contributed by atoms with Crippen molar-refractivity contribution in [3.05, 3.63) is 30.3 Å². The van der Waals surface area contributed by atoms with E-state index < -0.39 is 40.2 Å². The lowest BCUT2D eigenvalue weighted by Crippen LogP contribution is -2.85. The van der Waals surface area contributed by atoms with Crippen molar-refractivity contribution >= 4 is 33.4 Å². The molecule has 0 spiro atoms. The molecule has 148 valence electrons. The normalized spacial score (nSPS) is 15.1. The quantitative estimate of drug-likeness (QED) is 0.486. The predicted molar refractivity (Wildman–Crippen MR) is 109 cm³/mol. The van der Waals surface area contributed by atoms with Gasteiger partial charge in [-0.3, -0.25) is 0 Å². The highest BCUT2D eigenvalue weighted by Crippen LogP contribution is 2.37. The highest BCUT2D eigenvalue weighted by atomic mass is 29.6. The SMILES string of the molecule is CC(C)C(OC(=O)C(F)(F)F)[Si](c1ccccc1)([Si](C)(C)C)[Si](C)(C)C. The topological polar surface area (TPSA) is 26.3 Å². The Hall–Kier alpha value is -0.869. The molecule has 26 heavy (non-hydrogen) atoms. The number of hydrogen-bond acceptors (Lipinski definition) is 2. The van der Waals surface area contributed by atoms with Gasteiger partial charge in [0.1, 0.15) is 7.11 Å². The first-order valence-electron chi connectivity index (χ1n) is 8.90. The van der Waals surface area contributed by atoms with E-state index in [4.69, 9.17) is 4.74 Å². The Morgan fingerprint density at radius 3 is 1.65 bits per heavy atom. The molecule has 0 heterocycles. The Bertz CT molecular complexity index is 603. The molecule has 0 aliphatic heterocycles. The maximum absolute atomic E-state index is 13.0. The van der Waals surface area contributed by atoms with E-state index in [1.165, 1.54) is 0 Å². The minimum atomic E-state index is -4.97. The summed E-state index contributed by atoms with van der Waals surface area (Å²) < 4.78 is 44.4. The minimum absolute atomic E-state index is 0.174. The Kier molecular flexibility index (Phi) is 6.80. The first kappa shape index (κ1) is 23.2. The van der Waals surface area contributed by atoms with Crippen LogP contribution in [0, 0.1) is 5.92 Å². The van der Waals surface area contributed by atoms with E-state index in [-0.39, 0.29) is 5.92 Å². The molecule has 0 saturated carbocycles. The molecular weight excluding hydrogens is 389 g/mol. The number of ether oxygens (including phenoxy) is 1. The van der Waals surface area contributed by atoms with Crippen LogP contribution in [0.3, 0.4) is 0 Å². The lowest BCUT2D eigenvalue weighted by Gasteiger charge is -2.55. The molecule has 0 radical (unpaired) electrons. The van der Waals surface area contributed by atoms with Crippen LogP contribution < -0.4 is 5.19 Å². The van der Waals surface area contributed by atoms with Crippen molar-refractivity contribution < 1.29 is 22.7 Å². The molecule has 0 N–H and O–H groups in total. The summed E-state index contributed by atoms with van der Waals surface area (Å²) in [5, 5.41) is 1.13. The monoisotopic (exact) mass is 420 g/mol. The molecule has 0 aliphatic carbocycles. The molecule has 2 nitrogen and oxygen atoms in total. The summed E-state index contributed by atoms with van der Waals surface area (Å²) in [4.78, 5) is 11.8. The summed E-state index contributed by atoms with van der Waals surface area (Å²) in [7, 11) is -6.59. The maximum atomic E-state index is 13.0. The van der Waals surface area contributed by atoms with Crippen molar-refractivity contribution in [1.29, 1.82) is 0 Å². The van der Waals surface area contributed by atoms with Crippen LogP contribution in [0.25, 0.3) is 0 Å². The molecule has 8 heteroatoms. The van der Waals surface area contributed by atoms with Crippen molar-refractivity contribution in [3.8, 4) is 0 Å². The fourth-order valence-corrected chi connectivity index (χ4v) is 53.3. The molecule has 1 rings (SSSR count). The third-order valence-electron chi connectivity index (χ3n) is 5.09. The molecular formula is C18H31F3O2Si3. The average Bonchev–Trinajstić information content (AvgIpc) is 2.43. The van der Waals surface area contributed by atoms with E-state index >= 15 is 0 Å². The molecule has 0 aliphatic rings. The average molecular weight is 421 g/mol. The zero-order valence-electron chi connectivity index (χ0n) is 17.0. The fraction of sp³-hybridized carbons (Fsp3) is 0.611.